The van der Waals surface area contributed by atoms with Crippen LogP contribution >= 0.6 is 0 Å². The summed E-state index contributed by atoms with van der Waals surface area (Å²) < 4.78 is 6.32. The molecular formula is C20H24N2O. The van der Waals surface area contributed by atoms with Crippen molar-refractivity contribution in [2.75, 3.05) is 19.7 Å². The van der Waals surface area contributed by atoms with Gasteiger partial charge < -0.3 is 4.74 Å². The minimum atomic E-state index is -0.0463. The van der Waals surface area contributed by atoms with Gasteiger partial charge in [-0.3, -0.25) is 9.88 Å². The Morgan fingerprint density at radius 3 is 2.83 bits per heavy atom. The van der Waals surface area contributed by atoms with E-state index in [1.54, 1.807) is 0 Å². The third-order valence-electron chi connectivity index (χ3n) is 5.46. The van der Waals surface area contributed by atoms with Crippen LogP contribution in [0, 0.1) is 6.92 Å². The first-order chi connectivity index (χ1) is 11.3. The van der Waals surface area contributed by atoms with Crippen LogP contribution in [-0.4, -0.2) is 29.6 Å². The molecule has 1 aromatic carbocycles. The molecule has 0 bridgehead atoms. The second-order valence-electron chi connectivity index (χ2n) is 6.83. The Morgan fingerprint density at radius 1 is 1.17 bits per heavy atom. The minimum Gasteiger partial charge on any atom is -0.370 e. The fraction of sp³-hybridized carbons (Fsp3) is 0.450. The number of ether oxygens (including phenoxy) is 1. The number of nitrogens with zero attached hydrogens (tertiary/aromatic N) is 2. The smallest absolute Gasteiger partial charge is 0.0958 e. The molecule has 3 nitrogen and oxygen atoms in total. The van der Waals surface area contributed by atoms with Crippen LogP contribution in [0.2, 0.25) is 0 Å². The van der Waals surface area contributed by atoms with E-state index in [0.717, 1.165) is 45.5 Å². The van der Waals surface area contributed by atoms with Crippen molar-refractivity contribution >= 4 is 0 Å². The van der Waals surface area contributed by atoms with E-state index in [4.69, 9.17) is 4.74 Å². The molecule has 0 N–H and O–H groups in total. The highest BCUT2D eigenvalue weighted by Gasteiger charge is 2.40. The highest BCUT2D eigenvalue weighted by Crippen LogP contribution is 2.41. The maximum absolute atomic E-state index is 6.32. The molecule has 2 aromatic rings. The van der Waals surface area contributed by atoms with E-state index in [1.807, 2.05) is 12.4 Å². The van der Waals surface area contributed by atoms with Crippen molar-refractivity contribution in [2.45, 2.75) is 38.3 Å². The van der Waals surface area contributed by atoms with Crippen molar-refractivity contribution in [1.29, 1.82) is 0 Å². The van der Waals surface area contributed by atoms with Crippen LogP contribution in [-0.2, 0) is 23.3 Å². The van der Waals surface area contributed by atoms with E-state index in [2.05, 4.69) is 47.1 Å². The lowest BCUT2D eigenvalue weighted by Crippen LogP contribution is -2.46. The minimum absolute atomic E-state index is 0.0463. The number of fused-ring (bicyclic) bond motifs is 2. The van der Waals surface area contributed by atoms with E-state index in [1.165, 1.54) is 22.3 Å². The molecule has 2 aliphatic heterocycles. The maximum atomic E-state index is 6.32. The van der Waals surface area contributed by atoms with Gasteiger partial charge in [-0.15, -0.1) is 0 Å². The molecule has 1 fully saturated rings. The lowest BCUT2D eigenvalue weighted by atomic mass is 9.79. The van der Waals surface area contributed by atoms with E-state index in [0.29, 0.717) is 0 Å². The highest BCUT2D eigenvalue weighted by atomic mass is 16.5. The largest absolute Gasteiger partial charge is 0.370 e. The second kappa shape index (κ2) is 6.06. The molecule has 0 amide bonds. The number of hydrogen-bond donors (Lipinski definition) is 0. The molecule has 2 aliphatic rings. The standard InChI is InChI=1S/C20H24N2O/c1-16-6-10-21-14-18(16)15-22-11-8-20(9-12-22)19-5-3-2-4-17(19)7-13-23-20/h2-6,10,14H,7-9,11-13,15H2,1H3. The van der Waals surface area contributed by atoms with Gasteiger partial charge in [0.05, 0.1) is 12.2 Å². The van der Waals surface area contributed by atoms with Crippen LogP contribution in [0.1, 0.15) is 35.1 Å². The fourth-order valence-corrected chi connectivity index (χ4v) is 4.01. The highest BCUT2D eigenvalue weighted by molar-refractivity contribution is 5.35. The van der Waals surface area contributed by atoms with Crippen LogP contribution in [0.4, 0.5) is 0 Å². The topological polar surface area (TPSA) is 25.4 Å². The molecule has 0 atom stereocenters. The van der Waals surface area contributed by atoms with Crippen LogP contribution in [0.25, 0.3) is 0 Å². The molecule has 4 rings (SSSR count). The summed E-state index contributed by atoms with van der Waals surface area (Å²) in [6.07, 6.45) is 7.10. The molecule has 0 radical (unpaired) electrons. The van der Waals surface area contributed by atoms with Gasteiger partial charge >= 0.3 is 0 Å². The summed E-state index contributed by atoms with van der Waals surface area (Å²) in [5.41, 5.74) is 5.54. The summed E-state index contributed by atoms with van der Waals surface area (Å²) in [7, 11) is 0. The number of benzene rings is 1. The van der Waals surface area contributed by atoms with Crippen LogP contribution in [0.3, 0.4) is 0 Å². The molecular weight excluding hydrogens is 284 g/mol. The van der Waals surface area contributed by atoms with Crippen molar-refractivity contribution < 1.29 is 4.74 Å². The van der Waals surface area contributed by atoms with E-state index < -0.39 is 0 Å². The number of aryl methyl sites for hydroxylation is 1. The predicted octanol–water partition coefficient (Wildman–Crippen LogP) is 3.45. The first-order valence-corrected chi connectivity index (χ1v) is 8.61. The normalized spacial score (nSPS) is 20.4. The molecule has 23 heavy (non-hydrogen) atoms. The van der Waals surface area contributed by atoms with Crippen molar-refractivity contribution in [3.8, 4) is 0 Å². The van der Waals surface area contributed by atoms with Crippen LogP contribution in [0.15, 0.2) is 42.7 Å². The average Bonchev–Trinajstić information content (AvgIpc) is 2.60. The van der Waals surface area contributed by atoms with Gasteiger partial charge in [0.25, 0.3) is 0 Å². The maximum Gasteiger partial charge on any atom is 0.0958 e. The lowest BCUT2D eigenvalue weighted by Gasteiger charge is -2.45. The Kier molecular flexibility index (Phi) is 3.92. The molecule has 0 aliphatic carbocycles. The summed E-state index contributed by atoms with van der Waals surface area (Å²) in [5.74, 6) is 0. The third kappa shape index (κ3) is 2.79. The molecule has 0 unspecified atom stereocenters. The summed E-state index contributed by atoms with van der Waals surface area (Å²) in [5, 5.41) is 0. The number of pyridine rings is 1. The predicted molar refractivity (Wildman–Crippen MR) is 91.3 cm³/mol. The molecule has 3 heteroatoms. The number of rotatable bonds is 2. The summed E-state index contributed by atoms with van der Waals surface area (Å²) in [6, 6.07) is 10.9. The fourth-order valence-electron chi connectivity index (χ4n) is 4.01. The number of likely N-dealkylation sites (tertiary alicyclic amines) is 1. The number of aromatic nitrogens is 1. The van der Waals surface area contributed by atoms with E-state index in [-0.39, 0.29) is 5.60 Å². The van der Waals surface area contributed by atoms with Gasteiger partial charge in [0.2, 0.25) is 0 Å². The summed E-state index contributed by atoms with van der Waals surface area (Å²) >= 11 is 0. The Hall–Kier alpha value is -1.71. The monoisotopic (exact) mass is 308 g/mol. The summed E-state index contributed by atoms with van der Waals surface area (Å²) in [6.45, 7) is 6.20. The molecule has 0 saturated carbocycles. The quantitative estimate of drug-likeness (QED) is 0.849. The Morgan fingerprint density at radius 2 is 2.00 bits per heavy atom. The van der Waals surface area contributed by atoms with E-state index >= 15 is 0 Å². The third-order valence-corrected chi connectivity index (χ3v) is 5.46. The Balaban J connectivity index is 1.49. The summed E-state index contributed by atoms with van der Waals surface area (Å²) in [4.78, 5) is 6.81. The zero-order valence-electron chi connectivity index (χ0n) is 13.8. The molecule has 120 valence electrons. The van der Waals surface area contributed by atoms with Gasteiger partial charge in [0.15, 0.2) is 0 Å². The number of hydrogen-bond acceptors (Lipinski definition) is 3. The first kappa shape index (κ1) is 14.9. The van der Waals surface area contributed by atoms with Crippen LogP contribution in [0.5, 0.6) is 0 Å². The second-order valence-corrected chi connectivity index (χ2v) is 6.83. The molecule has 1 aromatic heterocycles. The van der Waals surface area contributed by atoms with Gasteiger partial charge in [-0.05, 0) is 54.5 Å². The van der Waals surface area contributed by atoms with Gasteiger partial charge in [-0.25, -0.2) is 0 Å². The molecule has 1 saturated heterocycles. The zero-order valence-corrected chi connectivity index (χ0v) is 13.8. The Bertz CT molecular complexity index is 690. The number of piperidine rings is 1. The van der Waals surface area contributed by atoms with Gasteiger partial charge in [0.1, 0.15) is 0 Å². The zero-order chi connectivity index (χ0) is 15.7. The van der Waals surface area contributed by atoms with E-state index in [9.17, 15) is 0 Å². The van der Waals surface area contributed by atoms with Gasteiger partial charge in [-0.2, -0.15) is 0 Å². The SMILES string of the molecule is Cc1ccncc1CN1CCC2(CC1)OCCc1ccccc12. The first-order valence-electron chi connectivity index (χ1n) is 8.61. The molecule has 1 spiro atoms. The Labute approximate surface area is 138 Å². The lowest BCUT2D eigenvalue weighted by molar-refractivity contribution is -0.0989. The van der Waals surface area contributed by atoms with Crippen LogP contribution < -0.4 is 0 Å². The molecule has 3 heterocycles. The average molecular weight is 308 g/mol. The van der Waals surface area contributed by atoms with Gasteiger partial charge in [0, 0.05) is 32.0 Å². The van der Waals surface area contributed by atoms with Crippen molar-refractivity contribution in [1.82, 2.24) is 9.88 Å². The van der Waals surface area contributed by atoms with Crippen molar-refractivity contribution in [3.63, 3.8) is 0 Å². The van der Waals surface area contributed by atoms with Gasteiger partial charge in [-0.1, -0.05) is 24.3 Å². The van der Waals surface area contributed by atoms with Crippen molar-refractivity contribution in [2.24, 2.45) is 0 Å². The van der Waals surface area contributed by atoms with Crippen molar-refractivity contribution in [3.05, 3.63) is 65.0 Å².